The first-order valence-corrected chi connectivity index (χ1v) is 9.68. The zero-order valence-electron chi connectivity index (χ0n) is 17.2. The van der Waals surface area contributed by atoms with Gasteiger partial charge in [0.25, 0.3) is 11.8 Å². The molecule has 31 heavy (non-hydrogen) atoms. The van der Waals surface area contributed by atoms with Crippen molar-refractivity contribution in [3.8, 4) is 34.3 Å². The first-order chi connectivity index (χ1) is 15.1. The molecule has 0 radical (unpaired) electrons. The summed E-state index contributed by atoms with van der Waals surface area (Å²) >= 11 is 0. The van der Waals surface area contributed by atoms with Gasteiger partial charge in [-0.1, -0.05) is 17.3 Å². The lowest BCUT2D eigenvalue weighted by Crippen LogP contribution is -2.20. The van der Waals surface area contributed by atoms with Crippen molar-refractivity contribution in [1.29, 1.82) is 0 Å². The minimum Gasteiger partial charge on any atom is -0.497 e. The Bertz CT molecular complexity index is 1170. The number of nitrogens with zero attached hydrogens (tertiary/aromatic N) is 2. The molecule has 1 N–H and O–H groups in total. The van der Waals surface area contributed by atoms with E-state index in [-0.39, 0.29) is 12.5 Å². The standard InChI is InChI=1S/C24H21N3O4/c1-16-4-3-5-19(14-16)25-22(28)15-30-21-12-8-18(9-13-21)24-26-23(27-31-24)17-6-10-20(29-2)11-7-17/h3-14H,15H2,1-2H3,(H,25,28). The topological polar surface area (TPSA) is 86.5 Å². The molecule has 7 heteroatoms. The maximum Gasteiger partial charge on any atom is 0.262 e. The van der Waals surface area contributed by atoms with Crippen LogP contribution in [0.15, 0.2) is 77.3 Å². The van der Waals surface area contributed by atoms with Crippen molar-refractivity contribution in [2.75, 3.05) is 19.0 Å². The van der Waals surface area contributed by atoms with Crippen LogP contribution in [0.1, 0.15) is 5.56 Å². The molecule has 1 amide bonds. The van der Waals surface area contributed by atoms with Gasteiger partial charge in [-0.25, -0.2) is 0 Å². The van der Waals surface area contributed by atoms with E-state index >= 15 is 0 Å². The van der Waals surface area contributed by atoms with Gasteiger partial charge in [0.15, 0.2) is 6.61 Å². The van der Waals surface area contributed by atoms with Crippen molar-refractivity contribution in [2.45, 2.75) is 6.92 Å². The highest BCUT2D eigenvalue weighted by Gasteiger charge is 2.11. The fourth-order valence-electron chi connectivity index (χ4n) is 2.96. The largest absolute Gasteiger partial charge is 0.497 e. The zero-order valence-corrected chi connectivity index (χ0v) is 17.2. The van der Waals surface area contributed by atoms with Crippen molar-refractivity contribution >= 4 is 11.6 Å². The fraction of sp³-hybridized carbons (Fsp3) is 0.125. The summed E-state index contributed by atoms with van der Waals surface area (Å²) in [6.45, 7) is 1.88. The summed E-state index contributed by atoms with van der Waals surface area (Å²) in [5.41, 5.74) is 3.40. The molecule has 4 rings (SSSR count). The number of methoxy groups -OCH3 is 1. The van der Waals surface area contributed by atoms with E-state index in [1.54, 1.807) is 31.4 Å². The van der Waals surface area contributed by atoms with Gasteiger partial charge in [0.1, 0.15) is 11.5 Å². The number of anilines is 1. The van der Waals surface area contributed by atoms with E-state index < -0.39 is 0 Å². The molecule has 1 aromatic heterocycles. The minimum atomic E-state index is -0.226. The molecule has 0 saturated carbocycles. The molecule has 0 fully saturated rings. The number of nitrogens with one attached hydrogen (secondary N) is 1. The van der Waals surface area contributed by atoms with Crippen molar-refractivity contribution in [3.63, 3.8) is 0 Å². The highest BCUT2D eigenvalue weighted by molar-refractivity contribution is 5.91. The van der Waals surface area contributed by atoms with Crippen molar-refractivity contribution in [3.05, 3.63) is 78.4 Å². The third-order valence-corrected chi connectivity index (χ3v) is 4.55. The van der Waals surface area contributed by atoms with Crippen molar-refractivity contribution in [1.82, 2.24) is 10.1 Å². The van der Waals surface area contributed by atoms with Gasteiger partial charge in [-0.3, -0.25) is 4.79 Å². The lowest BCUT2D eigenvalue weighted by molar-refractivity contribution is -0.118. The molecule has 1 heterocycles. The number of amides is 1. The van der Waals surface area contributed by atoms with Crippen LogP contribution in [-0.4, -0.2) is 29.8 Å². The number of benzene rings is 3. The molecule has 0 aliphatic carbocycles. The lowest BCUT2D eigenvalue weighted by Gasteiger charge is -2.08. The first-order valence-electron chi connectivity index (χ1n) is 9.68. The van der Waals surface area contributed by atoms with E-state index in [9.17, 15) is 4.79 Å². The van der Waals surface area contributed by atoms with Gasteiger partial charge < -0.3 is 19.3 Å². The van der Waals surface area contributed by atoms with E-state index in [2.05, 4.69) is 15.5 Å². The van der Waals surface area contributed by atoms with E-state index in [1.807, 2.05) is 55.5 Å². The number of ether oxygens (including phenoxy) is 2. The van der Waals surface area contributed by atoms with Crippen LogP contribution in [-0.2, 0) is 4.79 Å². The molecule has 0 aliphatic rings. The van der Waals surface area contributed by atoms with Gasteiger partial charge in [-0.05, 0) is 73.2 Å². The quantitative estimate of drug-likeness (QED) is 0.469. The van der Waals surface area contributed by atoms with Crippen LogP contribution < -0.4 is 14.8 Å². The van der Waals surface area contributed by atoms with E-state index in [0.29, 0.717) is 17.5 Å². The van der Waals surface area contributed by atoms with Crippen LogP contribution in [0.25, 0.3) is 22.8 Å². The number of carbonyl (C=O) groups excluding carboxylic acids is 1. The molecule has 3 aromatic carbocycles. The average Bonchev–Trinajstić information content (AvgIpc) is 3.28. The predicted octanol–water partition coefficient (Wildman–Crippen LogP) is 4.74. The Morgan fingerprint density at radius 2 is 1.68 bits per heavy atom. The molecule has 0 atom stereocenters. The molecule has 4 aromatic rings. The number of hydrogen-bond donors (Lipinski definition) is 1. The molecular weight excluding hydrogens is 394 g/mol. The van der Waals surface area contributed by atoms with Gasteiger partial charge in [-0.2, -0.15) is 4.98 Å². The Morgan fingerprint density at radius 3 is 2.39 bits per heavy atom. The van der Waals surface area contributed by atoms with Crippen molar-refractivity contribution in [2.24, 2.45) is 0 Å². The molecule has 0 spiro atoms. The van der Waals surface area contributed by atoms with Crippen LogP contribution in [0.4, 0.5) is 5.69 Å². The number of rotatable bonds is 7. The second-order valence-corrected chi connectivity index (χ2v) is 6.88. The highest BCUT2D eigenvalue weighted by Crippen LogP contribution is 2.25. The summed E-state index contributed by atoms with van der Waals surface area (Å²) in [6.07, 6.45) is 0. The highest BCUT2D eigenvalue weighted by atomic mass is 16.5. The number of carbonyl (C=O) groups is 1. The molecule has 0 aliphatic heterocycles. The monoisotopic (exact) mass is 415 g/mol. The first kappa shape index (κ1) is 20.2. The van der Waals surface area contributed by atoms with Gasteiger partial charge in [-0.15, -0.1) is 0 Å². The van der Waals surface area contributed by atoms with Crippen LogP contribution in [0, 0.1) is 6.92 Å². The van der Waals surface area contributed by atoms with Gasteiger partial charge in [0, 0.05) is 16.8 Å². The second kappa shape index (κ2) is 9.13. The van der Waals surface area contributed by atoms with Gasteiger partial charge in [0.2, 0.25) is 5.82 Å². The molecule has 0 saturated heterocycles. The molecule has 0 bridgehead atoms. The van der Waals surface area contributed by atoms with Crippen LogP contribution in [0.5, 0.6) is 11.5 Å². The third kappa shape index (κ3) is 5.08. The lowest BCUT2D eigenvalue weighted by atomic mass is 10.2. The Labute approximate surface area is 179 Å². The Morgan fingerprint density at radius 1 is 0.968 bits per heavy atom. The fourth-order valence-corrected chi connectivity index (χ4v) is 2.96. The maximum absolute atomic E-state index is 12.1. The second-order valence-electron chi connectivity index (χ2n) is 6.88. The summed E-state index contributed by atoms with van der Waals surface area (Å²) in [6, 6.07) is 22.1. The smallest absolute Gasteiger partial charge is 0.262 e. The van der Waals surface area contributed by atoms with Crippen LogP contribution in [0.2, 0.25) is 0 Å². The number of aromatic nitrogens is 2. The summed E-state index contributed by atoms with van der Waals surface area (Å²) in [5, 5.41) is 6.85. The molecule has 0 unspecified atom stereocenters. The number of hydrogen-bond acceptors (Lipinski definition) is 6. The maximum atomic E-state index is 12.1. The van der Waals surface area contributed by atoms with Gasteiger partial charge in [0.05, 0.1) is 7.11 Å². The van der Waals surface area contributed by atoms with Crippen molar-refractivity contribution < 1.29 is 18.8 Å². The SMILES string of the molecule is COc1ccc(-c2noc(-c3ccc(OCC(=O)Nc4cccc(C)c4)cc3)n2)cc1. The summed E-state index contributed by atoms with van der Waals surface area (Å²) in [4.78, 5) is 16.5. The minimum absolute atomic E-state index is 0.0878. The number of aryl methyl sites for hydroxylation is 1. The Hall–Kier alpha value is -4.13. The van der Waals surface area contributed by atoms with Crippen LogP contribution >= 0.6 is 0 Å². The molecule has 156 valence electrons. The Balaban J connectivity index is 1.36. The Kier molecular flexibility index (Phi) is 5.93. The zero-order chi connectivity index (χ0) is 21.6. The molecular formula is C24H21N3O4. The third-order valence-electron chi connectivity index (χ3n) is 4.55. The van der Waals surface area contributed by atoms with E-state index in [4.69, 9.17) is 14.0 Å². The summed E-state index contributed by atoms with van der Waals surface area (Å²) in [5.74, 6) is 1.99. The summed E-state index contributed by atoms with van der Waals surface area (Å²) in [7, 11) is 1.62. The summed E-state index contributed by atoms with van der Waals surface area (Å²) < 4.78 is 16.1. The van der Waals surface area contributed by atoms with E-state index in [1.165, 1.54) is 0 Å². The predicted molar refractivity (Wildman–Crippen MR) is 117 cm³/mol. The average molecular weight is 415 g/mol. The van der Waals surface area contributed by atoms with Crippen LogP contribution in [0.3, 0.4) is 0 Å². The normalized spacial score (nSPS) is 10.5. The molecule has 7 nitrogen and oxygen atoms in total. The van der Waals surface area contributed by atoms with E-state index in [0.717, 1.165) is 28.1 Å². The van der Waals surface area contributed by atoms with Gasteiger partial charge >= 0.3 is 0 Å².